The Labute approximate surface area is 105 Å². The summed E-state index contributed by atoms with van der Waals surface area (Å²) in [6.07, 6.45) is 0. The van der Waals surface area contributed by atoms with Crippen molar-refractivity contribution in [2.24, 2.45) is 0 Å². The lowest BCUT2D eigenvalue weighted by Gasteiger charge is -2.13. The summed E-state index contributed by atoms with van der Waals surface area (Å²) in [5.41, 5.74) is 0.220. The molecule has 0 aromatic heterocycles. The number of carbonyl (C=O) groups excluding carboxylic acids is 1. The highest BCUT2D eigenvalue weighted by atomic mass is 17.2. The van der Waals surface area contributed by atoms with Crippen LogP contribution in [0.2, 0.25) is 0 Å². The van der Waals surface area contributed by atoms with Gasteiger partial charge in [-0.1, -0.05) is 0 Å². The van der Waals surface area contributed by atoms with Gasteiger partial charge in [-0.3, -0.25) is 4.89 Å². The summed E-state index contributed by atoms with van der Waals surface area (Å²) in [5.74, 6) is 0.448. The maximum atomic E-state index is 11.6. The fraction of sp³-hybridized carbons (Fsp3) is 0.333. The molecule has 0 N–H and O–H groups in total. The van der Waals surface area contributed by atoms with Crippen LogP contribution in [-0.2, 0) is 9.78 Å². The lowest BCUT2D eigenvalue weighted by atomic mass is 10.2. The number of hydrogen-bond donors (Lipinski definition) is 0. The van der Waals surface area contributed by atoms with E-state index in [-0.39, 0.29) is 12.2 Å². The molecule has 0 saturated heterocycles. The van der Waals surface area contributed by atoms with Crippen LogP contribution in [0.4, 0.5) is 0 Å². The number of methoxy groups -OCH3 is 3. The van der Waals surface area contributed by atoms with E-state index in [0.717, 1.165) is 0 Å². The molecule has 6 heteroatoms. The third-order valence-electron chi connectivity index (χ3n) is 2.12. The fourth-order valence-corrected chi connectivity index (χ4v) is 1.34. The summed E-state index contributed by atoms with van der Waals surface area (Å²) in [5, 5.41) is 0. The van der Waals surface area contributed by atoms with Gasteiger partial charge in [0, 0.05) is 0 Å². The van der Waals surface area contributed by atoms with Crippen LogP contribution >= 0.6 is 0 Å². The highest BCUT2D eigenvalue weighted by Gasteiger charge is 2.18. The monoisotopic (exact) mass is 255 g/mol. The predicted molar refractivity (Wildman–Crippen MR) is 62.8 cm³/mol. The van der Waals surface area contributed by atoms with E-state index in [1.165, 1.54) is 33.5 Å². The molecule has 0 aliphatic rings. The summed E-state index contributed by atoms with van der Waals surface area (Å²) in [6.45, 7) is 3.40. The Hall–Kier alpha value is -1.95. The molecule has 0 atom stereocenters. The van der Waals surface area contributed by atoms with E-state index in [4.69, 9.17) is 14.2 Å². The first-order valence-electron chi connectivity index (χ1n) is 5.11. The van der Waals surface area contributed by atoms with Crippen molar-refractivity contribution in [1.82, 2.24) is 0 Å². The number of ether oxygens (including phenoxy) is 3. The van der Waals surface area contributed by atoms with Gasteiger partial charge < -0.3 is 14.2 Å². The van der Waals surface area contributed by atoms with Crippen LogP contribution in [-0.4, -0.2) is 33.9 Å². The van der Waals surface area contributed by atoms with E-state index < -0.39 is 5.97 Å². The average molecular weight is 255 g/mol. The smallest absolute Gasteiger partial charge is 0.373 e. The Morgan fingerprint density at radius 3 is 2.06 bits per heavy atom. The van der Waals surface area contributed by atoms with Gasteiger partial charge >= 0.3 is 5.97 Å². The topological polar surface area (TPSA) is 63.2 Å². The standard InChI is InChI=1S/C12H15O6/c1-5-17-18-12(13)8-6-9(14-2)11(16-4)10(7-8)15-3/h6-7H,1,5H2,2-4H3. The Balaban J connectivity index is 3.10. The average Bonchev–Trinajstić information content (AvgIpc) is 2.42. The van der Waals surface area contributed by atoms with Crippen LogP contribution in [0.5, 0.6) is 17.2 Å². The lowest BCUT2D eigenvalue weighted by Crippen LogP contribution is -2.07. The van der Waals surface area contributed by atoms with Crippen molar-refractivity contribution < 1.29 is 28.8 Å². The molecule has 0 spiro atoms. The Morgan fingerprint density at radius 2 is 1.67 bits per heavy atom. The molecule has 0 aliphatic carbocycles. The van der Waals surface area contributed by atoms with Gasteiger partial charge in [-0.25, -0.2) is 4.79 Å². The van der Waals surface area contributed by atoms with E-state index >= 15 is 0 Å². The summed E-state index contributed by atoms with van der Waals surface area (Å²) in [7, 11) is 4.39. The first-order chi connectivity index (χ1) is 8.67. The third kappa shape index (κ3) is 3.04. The van der Waals surface area contributed by atoms with Crippen LogP contribution in [0.15, 0.2) is 12.1 Å². The van der Waals surface area contributed by atoms with E-state index in [9.17, 15) is 4.79 Å². The second-order valence-electron chi connectivity index (χ2n) is 3.11. The van der Waals surface area contributed by atoms with E-state index in [0.29, 0.717) is 17.2 Å². The molecule has 0 fully saturated rings. The molecule has 6 nitrogen and oxygen atoms in total. The first kappa shape index (κ1) is 14.1. The molecule has 1 rings (SSSR count). The molecule has 1 aromatic rings. The Bertz CT molecular complexity index is 390. The molecule has 0 saturated carbocycles. The van der Waals surface area contributed by atoms with Gasteiger partial charge in [-0.2, -0.15) is 4.89 Å². The number of carbonyl (C=O) groups is 1. The van der Waals surface area contributed by atoms with Crippen molar-refractivity contribution in [2.75, 3.05) is 27.9 Å². The minimum Gasteiger partial charge on any atom is -0.493 e. The summed E-state index contributed by atoms with van der Waals surface area (Å²) < 4.78 is 15.3. The molecule has 18 heavy (non-hydrogen) atoms. The molecular weight excluding hydrogens is 240 g/mol. The van der Waals surface area contributed by atoms with Crippen LogP contribution in [0.25, 0.3) is 0 Å². The SMILES string of the molecule is [CH2]COOC(=O)c1cc(OC)c(OC)c(OC)c1. The highest BCUT2D eigenvalue weighted by molar-refractivity contribution is 5.90. The maximum absolute atomic E-state index is 11.6. The van der Waals surface area contributed by atoms with Crippen LogP contribution in [0.1, 0.15) is 10.4 Å². The van der Waals surface area contributed by atoms with Gasteiger partial charge in [0.2, 0.25) is 5.75 Å². The molecule has 1 aromatic carbocycles. The second kappa shape index (κ2) is 6.70. The van der Waals surface area contributed by atoms with Crippen LogP contribution in [0, 0.1) is 6.92 Å². The highest BCUT2D eigenvalue weighted by Crippen LogP contribution is 2.38. The zero-order valence-corrected chi connectivity index (χ0v) is 10.5. The third-order valence-corrected chi connectivity index (χ3v) is 2.12. The first-order valence-corrected chi connectivity index (χ1v) is 5.11. The molecule has 0 amide bonds. The maximum Gasteiger partial charge on any atom is 0.373 e. The lowest BCUT2D eigenvalue weighted by molar-refractivity contribution is -0.232. The molecule has 0 aliphatic heterocycles. The largest absolute Gasteiger partial charge is 0.493 e. The zero-order valence-electron chi connectivity index (χ0n) is 10.5. The van der Waals surface area contributed by atoms with Crippen LogP contribution < -0.4 is 14.2 Å². The van der Waals surface area contributed by atoms with Crippen molar-refractivity contribution in [3.05, 3.63) is 24.6 Å². The van der Waals surface area contributed by atoms with E-state index in [2.05, 4.69) is 16.7 Å². The number of rotatable bonds is 6. The van der Waals surface area contributed by atoms with Gasteiger partial charge in [0.25, 0.3) is 0 Å². The minimum absolute atomic E-state index is 0.0240. The van der Waals surface area contributed by atoms with Gasteiger partial charge in [0.05, 0.1) is 33.5 Å². The zero-order chi connectivity index (χ0) is 13.5. The van der Waals surface area contributed by atoms with Crippen molar-refractivity contribution in [3.63, 3.8) is 0 Å². The van der Waals surface area contributed by atoms with Gasteiger partial charge in [0.15, 0.2) is 11.5 Å². The van der Waals surface area contributed by atoms with Crippen molar-refractivity contribution in [2.45, 2.75) is 0 Å². The Kier molecular flexibility index (Phi) is 5.26. The molecule has 0 unspecified atom stereocenters. The molecular formula is C12H15O6. The van der Waals surface area contributed by atoms with Crippen molar-refractivity contribution in [3.8, 4) is 17.2 Å². The normalized spacial score (nSPS) is 9.78. The van der Waals surface area contributed by atoms with E-state index in [1.54, 1.807) is 0 Å². The molecule has 0 heterocycles. The van der Waals surface area contributed by atoms with Gasteiger partial charge in [0.1, 0.15) is 0 Å². The summed E-state index contributed by atoms with van der Waals surface area (Å²) in [6, 6.07) is 2.94. The van der Waals surface area contributed by atoms with E-state index in [1.807, 2.05) is 0 Å². The van der Waals surface area contributed by atoms with Gasteiger partial charge in [-0.15, -0.1) is 0 Å². The fourth-order valence-electron chi connectivity index (χ4n) is 1.34. The number of benzene rings is 1. The quantitative estimate of drug-likeness (QED) is 0.568. The molecule has 1 radical (unpaired) electrons. The minimum atomic E-state index is -0.669. The second-order valence-corrected chi connectivity index (χ2v) is 3.11. The Morgan fingerprint density at radius 1 is 1.11 bits per heavy atom. The molecule has 0 bridgehead atoms. The van der Waals surface area contributed by atoms with Crippen molar-refractivity contribution in [1.29, 1.82) is 0 Å². The van der Waals surface area contributed by atoms with Crippen LogP contribution in [0.3, 0.4) is 0 Å². The van der Waals surface area contributed by atoms with Gasteiger partial charge in [-0.05, 0) is 19.1 Å². The van der Waals surface area contributed by atoms with Crippen molar-refractivity contribution >= 4 is 5.97 Å². The predicted octanol–water partition coefficient (Wildman–Crippen LogP) is 1.63. The molecule has 99 valence electrons. The summed E-state index contributed by atoms with van der Waals surface area (Å²) >= 11 is 0. The number of hydrogen-bond acceptors (Lipinski definition) is 6. The summed E-state index contributed by atoms with van der Waals surface area (Å²) in [4.78, 5) is 20.6.